The highest BCUT2D eigenvalue weighted by atomic mass is 31.2. The Balaban J connectivity index is 1.61. The van der Waals surface area contributed by atoms with E-state index in [0.29, 0.717) is 29.8 Å². The molecule has 0 spiro atoms. The quantitative estimate of drug-likeness (QED) is 0.125. The first-order valence-corrected chi connectivity index (χ1v) is 14.3. The van der Waals surface area contributed by atoms with Crippen LogP contribution in [0.1, 0.15) is 42.7 Å². The first-order chi connectivity index (χ1) is 19.0. The molecule has 0 unspecified atom stereocenters. The summed E-state index contributed by atoms with van der Waals surface area (Å²) in [5, 5.41) is 11.9. The third-order valence-electron chi connectivity index (χ3n) is 5.59. The van der Waals surface area contributed by atoms with Gasteiger partial charge in [-0.1, -0.05) is 6.08 Å². The summed E-state index contributed by atoms with van der Waals surface area (Å²) in [5.74, 6) is -1.70. The van der Waals surface area contributed by atoms with E-state index in [2.05, 4.69) is 25.3 Å². The summed E-state index contributed by atoms with van der Waals surface area (Å²) in [4.78, 5) is 42.9. The highest BCUT2D eigenvalue weighted by Crippen LogP contribution is 2.48. The first-order valence-electron chi connectivity index (χ1n) is 12.5. The largest absolute Gasteiger partial charge is 0.477 e. The highest BCUT2D eigenvalue weighted by Gasteiger charge is 2.22. The molecule has 0 radical (unpaired) electrons. The number of amides is 1. The van der Waals surface area contributed by atoms with Gasteiger partial charge in [0.25, 0.3) is 5.91 Å². The van der Waals surface area contributed by atoms with Crippen LogP contribution in [0.15, 0.2) is 42.2 Å². The average molecular weight is 573 g/mol. The van der Waals surface area contributed by atoms with Crippen LogP contribution in [0.2, 0.25) is 0 Å². The van der Waals surface area contributed by atoms with Crippen LogP contribution in [0.4, 0.5) is 17.5 Å². The van der Waals surface area contributed by atoms with Gasteiger partial charge in [-0.15, -0.1) is 0 Å². The number of anilines is 3. The van der Waals surface area contributed by atoms with Gasteiger partial charge in [0, 0.05) is 18.3 Å². The lowest BCUT2D eigenvalue weighted by molar-refractivity contribution is -0.133. The van der Waals surface area contributed by atoms with Crippen molar-refractivity contribution < 1.29 is 28.3 Å². The maximum Gasteiger partial charge on any atom is 0.352 e. The number of aliphatic carboxylic acids is 1. The monoisotopic (exact) mass is 572 g/mol. The Morgan fingerprint density at radius 1 is 1.10 bits per heavy atom. The summed E-state index contributed by atoms with van der Waals surface area (Å²) < 4.78 is 23.0. The number of benzene rings is 1. The number of nitrogens with two attached hydrogens (primary N) is 2. The van der Waals surface area contributed by atoms with Gasteiger partial charge in [-0.3, -0.25) is 9.36 Å². The van der Waals surface area contributed by atoms with E-state index in [9.17, 15) is 19.3 Å². The van der Waals surface area contributed by atoms with Gasteiger partial charge in [0.1, 0.15) is 5.70 Å². The summed E-state index contributed by atoms with van der Waals surface area (Å²) in [5.41, 5.74) is 13.5. The lowest BCUT2D eigenvalue weighted by atomic mass is 10.1. The predicted octanol–water partition coefficient (Wildman–Crippen LogP) is 2.97. The van der Waals surface area contributed by atoms with Crippen molar-refractivity contribution in [3.8, 4) is 0 Å². The van der Waals surface area contributed by atoms with E-state index in [1.54, 1.807) is 44.3 Å². The maximum atomic E-state index is 12.7. The molecule has 0 aliphatic heterocycles. The second kappa shape index (κ2) is 13.8. The molecule has 3 aromatic rings. The van der Waals surface area contributed by atoms with Gasteiger partial charge in [0.2, 0.25) is 5.95 Å². The molecule has 0 aliphatic rings. The van der Waals surface area contributed by atoms with Crippen LogP contribution < -0.4 is 21.7 Å². The zero-order chi connectivity index (χ0) is 29.3. The van der Waals surface area contributed by atoms with Crippen molar-refractivity contribution >= 4 is 48.1 Å². The second-order valence-corrected chi connectivity index (χ2v) is 10.8. The fourth-order valence-corrected chi connectivity index (χ4v) is 5.43. The van der Waals surface area contributed by atoms with Crippen LogP contribution in [0.25, 0.3) is 11.2 Å². The van der Waals surface area contributed by atoms with Crippen LogP contribution in [-0.4, -0.2) is 63.3 Å². The Labute approximate surface area is 231 Å². The Morgan fingerprint density at radius 2 is 1.77 bits per heavy atom. The molecule has 2 aromatic heterocycles. The predicted molar refractivity (Wildman–Crippen MR) is 151 cm³/mol. The highest BCUT2D eigenvalue weighted by molar-refractivity contribution is 7.53. The Kier molecular flexibility index (Phi) is 10.5. The number of unbranched alkanes of at least 4 members (excludes halogenated alkanes) is 1. The van der Waals surface area contributed by atoms with Crippen molar-refractivity contribution in [1.29, 1.82) is 0 Å². The zero-order valence-corrected chi connectivity index (χ0v) is 23.4. The van der Waals surface area contributed by atoms with Crippen LogP contribution in [0.5, 0.6) is 0 Å². The SMILES string of the molecule is CCOP(=O)(CCC/C=C(\NC(=O)c1ccc(N(C)Cc2cnc3nc(N)nc(N)c3n2)cc1)C(=O)O)OCC. The molecule has 15 heteroatoms. The number of carbonyl (C=O) groups excluding carboxylic acids is 1. The molecular formula is C25H33N8O6P. The lowest BCUT2D eigenvalue weighted by Gasteiger charge is -2.19. The first kappa shape index (κ1) is 30.4. The summed E-state index contributed by atoms with van der Waals surface area (Å²) >= 11 is 0. The number of carboxylic acid groups (broad SMARTS) is 1. The molecule has 0 atom stereocenters. The van der Waals surface area contributed by atoms with E-state index in [1.165, 1.54) is 6.08 Å². The van der Waals surface area contributed by atoms with Crippen LogP contribution in [-0.2, 0) is 25.0 Å². The molecule has 14 nitrogen and oxygen atoms in total. The molecule has 0 saturated heterocycles. The number of rotatable bonds is 14. The molecule has 0 bridgehead atoms. The number of aromatic nitrogens is 4. The Hall–Kier alpha value is -4.13. The zero-order valence-electron chi connectivity index (χ0n) is 22.5. The van der Waals surface area contributed by atoms with Crippen molar-refractivity contribution in [2.75, 3.05) is 42.8 Å². The minimum Gasteiger partial charge on any atom is -0.477 e. The fourth-order valence-electron chi connectivity index (χ4n) is 3.74. The van der Waals surface area contributed by atoms with Crippen LogP contribution in [0.3, 0.4) is 0 Å². The number of nitrogen functional groups attached to an aromatic ring is 2. The molecule has 3 rings (SSSR count). The van der Waals surface area contributed by atoms with Gasteiger partial charge in [0.15, 0.2) is 17.0 Å². The van der Waals surface area contributed by atoms with Gasteiger partial charge in [0.05, 0.1) is 37.8 Å². The molecule has 214 valence electrons. The van der Waals surface area contributed by atoms with Crippen LogP contribution in [0, 0.1) is 0 Å². The second-order valence-electron chi connectivity index (χ2n) is 8.59. The van der Waals surface area contributed by atoms with Crippen LogP contribution >= 0.6 is 7.60 Å². The lowest BCUT2D eigenvalue weighted by Crippen LogP contribution is -2.27. The number of carboxylic acids is 1. The van der Waals surface area contributed by atoms with Crippen molar-refractivity contribution in [1.82, 2.24) is 25.3 Å². The molecule has 1 amide bonds. The maximum absolute atomic E-state index is 12.7. The summed E-state index contributed by atoms with van der Waals surface area (Å²) in [7, 11) is -1.38. The number of allylic oxidation sites excluding steroid dienone is 1. The van der Waals surface area contributed by atoms with Gasteiger partial charge in [-0.2, -0.15) is 9.97 Å². The van der Waals surface area contributed by atoms with Gasteiger partial charge < -0.3 is 35.8 Å². The summed E-state index contributed by atoms with van der Waals surface area (Å²) in [6.07, 6.45) is 3.71. The summed E-state index contributed by atoms with van der Waals surface area (Å²) in [6.45, 7) is 4.31. The smallest absolute Gasteiger partial charge is 0.352 e. The van der Waals surface area contributed by atoms with Crippen molar-refractivity contribution in [3.05, 3.63) is 53.5 Å². The number of nitrogens with zero attached hydrogens (tertiary/aromatic N) is 5. The molecule has 0 saturated carbocycles. The van der Waals surface area contributed by atoms with Crippen molar-refractivity contribution in [2.45, 2.75) is 33.2 Å². The Bertz CT molecular complexity index is 1420. The van der Waals surface area contributed by atoms with Crippen molar-refractivity contribution in [2.24, 2.45) is 0 Å². The van der Waals surface area contributed by atoms with Gasteiger partial charge >= 0.3 is 13.6 Å². The molecule has 2 heterocycles. The average Bonchev–Trinajstić information content (AvgIpc) is 2.90. The number of nitrogens with one attached hydrogen (secondary N) is 1. The number of carbonyl (C=O) groups is 2. The van der Waals surface area contributed by atoms with Gasteiger partial charge in [-0.25, -0.2) is 14.8 Å². The van der Waals surface area contributed by atoms with E-state index in [1.807, 2.05) is 11.9 Å². The van der Waals surface area contributed by atoms with E-state index in [-0.39, 0.29) is 48.8 Å². The normalized spacial score (nSPS) is 11.9. The minimum atomic E-state index is -3.22. The van der Waals surface area contributed by atoms with E-state index < -0.39 is 19.5 Å². The number of hydrogen-bond donors (Lipinski definition) is 4. The fraction of sp³-hybridized carbons (Fsp3) is 0.360. The van der Waals surface area contributed by atoms with Gasteiger partial charge in [-0.05, 0) is 51.0 Å². The van der Waals surface area contributed by atoms with E-state index >= 15 is 0 Å². The Morgan fingerprint density at radius 3 is 2.40 bits per heavy atom. The topological polar surface area (TPSA) is 209 Å². The third-order valence-corrected chi connectivity index (χ3v) is 7.75. The van der Waals surface area contributed by atoms with Crippen molar-refractivity contribution in [3.63, 3.8) is 0 Å². The molecule has 0 aliphatic carbocycles. The summed E-state index contributed by atoms with van der Waals surface area (Å²) in [6, 6.07) is 6.62. The standard InChI is InChI=1S/C25H33N8O6P/c1-4-38-40(37,39-5-2)13-7-6-8-19(24(35)36)30-23(34)16-9-11-18(12-10-16)33(3)15-17-14-28-22-20(29-17)21(26)31-25(27)32-22/h8-12,14H,4-7,13,15H2,1-3H3,(H,30,34)(H,35,36)(H4,26,27,28,31,32)/b19-8-. The molecular weight excluding hydrogens is 539 g/mol. The molecule has 6 N–H and O–H groups in total. The molecule has 40 heavy (non-hydrogen) atoms. The minimum absolute atomic E-state index is 0.0192. The number of fused-ring (bicyclic) bond motifs is 1. The van der Waals surface area contributed by atoms with E-state index in [4.69, 9.17) is 20.5 Å². The third kappa shape index (κ3) is 8.18. The molecule has 0 fully saturated rings. The van der Waals surface area contributed by atoms with E-state index in [0.717, 1.165) is 5.69 Å². The number of hydrogen-bond acceptors (Lipinski definition) is 12. The molecule has 1 aromatic carbocycles.